The zero-order valence-electron chi connectivity index (χ0n) is 16.9. The fourth-order valence-electron chi connectivity index (χ4n) is 3.11. The van der Waals surface area contributed by atoms with Crippen molar-refractivity contribution in [2.45, 2.75) is 11.4 Å². The lowest BCUT2D eigenvalue weighted by Crippen LogP contribution is -2.27. The predicted octanol–water partition coefficient (Wildman–Crippen LogP) is 3.37. The Bertz CT molecular complexity index is 1160. The molecular formula is C22H24N2O4S. The van der Waals surface area contributed by atoms with Gasteiger partial charge in [-0.15, -0.1) is 0 Å². The van der Waals surface area contributed by atoms with Crippen LogP contribution in [0.1, 0.15) is 15.9 Å². The first-order valence-electron chi connectivity index (χ1n) is 9.07. The molecule has 0 saturated carbocycles. The molecule has 0 spiro atoms. The number of sulfonamides is 1. The average Bonchev–Trinajstić information content (AvgIpc) is 2.72. The molecule has 3 aromatic rings. The molecule has 0 fully saturated rings. The molecule has 0 N–H and O–H groups in total. The molecule has 3 rings (SSSR count). The number of carbonyl (C=O) groups is 1. The van der Waals surface area contributed by atoms with Gasteiger partial charge in [0, 0.05) is 33.3 Å². The minimum absolute atomic E-state index is 0.0324. The summed E-state index contributed by atoms with van der Waals surface area (Å²) in [6.45, 7) is 0.408. The molecular weight excluding hydrogens is 388 g/mol. The maximum absolute atomic E-state index is 12.9. The Labute approximate surface area is 171 Å². The minimum Gasteiger partial charge on any atom is -0.495 e. The van der Waals surface area contributed by atoms with Crippen molar-refractivity contribution >= 4 is 26.7 Å². The topological polar surface area (TPSA) is 66.9 Å². The lowest BCUT2D eigenvalue weighted by Gasteiger charge is -2.19. The number of carbonyl (C=O) groups excluding carboxylic acids is 1. The van der Waals surface area contributed by atoms with Crippen molar-refractivity contribution in [2.75, 3.05) is 28.3 Å². The van der Waals surface area contributed by atoms with Crippen LogP contribution in [0.2, 0.25) is 0 Å². The van der Waals surface area contributed by atoms with Gasteiger partial charge in [0.05, 0.1) is 7.11 Å². The van der Waals surface area contributed by atoms with Gasteiger partial charge in [0.1, 0.15) is 10.6 Å². The third kappa shape index (κ3) is 4.26. The molecule has 0 aliphatic carbocycles. The van der Waals surface area contributed by atoms with Gasteiger partial charge in [0.2, 0.25) is 10.0 Å². The molecule has 0 heterocycles. The van der Waals surface area contributed by atoms with Gasteiger partial charge in [-0.05, 0) is 40.6 Å². The van der Waals surface area contributed by atoms with E-state index in [4.69, 9.17) is 4.74 Å². The summed E-state index contributed by atoms with van der Waals surface area (Å²) >= 11 is 0. The molecule has 0 aliphatic rings. The Morgan fingerprint density at radius 2 is 1.62 bits per heavy atom. The molecule has 1 amide bonds. The van der Waals surface area contributed by atoms with Crippen molar-refractivity contribution in [1.82, 2.24) is 9.21 Å². The van der Waals surface area contributed by atoms with E-state index in [9.17, 15) is 13.2 Å². The van der Waals surface area contributed by atoms with E-state index >= 15 is 0 Å². The van der Waals surface area contributed by atoms with Crippen LogP contribution in [-0.2, 0) is 16.6 Å². The highest BCUT2D eigenvalue weighted by Gasteiger charge is 2.24. The number of methoxy groups -OCH3 is 1. The normalized spacial score (nSPS) is 11.6. The van der Waals surface area contributed by atoms with Crippen LogP contribution >= 0.6 is 0 Å². The highest BCUT2D eigenvalue weighted by Crippen LogP contribution is 2.27. The summed E-state index contributed by atoms with van der Waals surface area (Å²) in [7, 11) is 2.23. The van der Waals surface area contributed by atoms with Crippen LogP contribution in [0, 0.1) is 0 Å². The molecule has 6 nitrogen and oxygen atoms in total. The number of amides is 1. The summed E-state index contributed by atoms with van der Waals surface area (Å²) in [5.41, 5.74) is 1.28. The molecule has 0 aromatic heterocycles. The Kier molecular flexibility index (Phi) is 5.91. The largest absolute Gasteiger partial charge is 0.495 e. The summed E-state index contributed by atoms with van der Waals surface area (Å²) < 4.78 is 31.5. The van der Waals surface area contributed by atoms with E-state index in [0.717, 1.165) is 20.6 Å². The number of nitrogens with zero attached hydrogens (tertiary/aromatic N) is 2. The van der Waals surface area contributed by atoms with Crippen molar-refractivity contribution in [1.29, 1.82) is 0 Å². The first-order valence-corrected chi connectivity index (χ1v) is 10.5. The Morgan fingerprint density at radius 1 is 0.931 bits per heavy atom. The Balaban J connectivity index is 1.88. The quantitative estimate of drug-likeness (QED) is 0.623. The molecule has 0 saturated heterocycles. The van der Waals surface area contributed by atoms with E-state index in [1.807, 2.05) is 36.4 Å². The zero-order valence-corrected chi connectivity index (χ0v) is 17.7. The zero-order chi connectivity index (χ0) is 21.2. The minimum atomic E-state index is -3.75. The van der Waals surface area contributed by atoms with Gasteiger partial charge >= 0.3 is 0 Å². The van der Waals surface area contributed by atoms with Crippen molar-refractivity contribution in [3.8, 4) is 5.75 Å². The highest BCUT2D eigenvalue weighted by molar-refractivity contribution is 7.89. The maximum atomic E-state index is 12.9. The Morgan fingerprint density at radius 3 is 2.28 bits per heavy atom. The predicted molar refractivity (Wildman–Crippen MR) is 114 cm³/mol. The van der Waals surface area contributed by atoms with Crippen molar-refractivity contribution < 1.29 is 17.9 Å². The SMILES string of the molecule is COc1ccc(C(=O)N(C)Cc2ccc3ccccc3c2)cc1S(=O)(=O)N(C)C. The van der Waals surface area contributed by atoms with Crippen LogP contribution < -0.4 is 4.74 Å². The van der Waals surface area contributed by atoms with Crippen LogP contribution in [0.4, 0.5) is 0 Å². The van der Waals surface area contributed by atoms with Crippen LogP contribution in [0.3, 0.4) is 0 Å². The lowest BCUT2D eigenvalue weighted by atomic mass is 10.1. The number of hydrogen-bond donors (Lipinski definition) is 0. The van der Waals surface area contributed by atoms with E-state index < -0.39 is 10.0 Å². The molecule has 0 bridgehead atoms. The van der Waals surface area contributed by atoms with E-state index in [1.165, 1.54) is 33.3 Å². The molecule has 29 heavy (non-hydrogen) atoms. The van der Waals surface area contributed by atoms with E-state index in [0.29, 0.717) is 6.54 Å². The van der Waals surface area contributed by atoms with Crippen LogP contribution in [-0.4, -0.2) is 51.8 Å². The summed E-state index contributed by atoms with van der Waals surface area (Å²) in [6.07, 6.45) is 0. The number of rotatable bonds is 6. The number of hydrogen-bond acceptors (Lipinski definition) is 4. The molecule has 3 aromatic carbocycles. The number of fused-ring (bicyclic) bond motifs is 1. The third-order valence-corrected chi connectivity index (χ3v) is 6.59. The third-order valence-electron chi connectivity index (χ3n) is 4.75. The summed E-state index contributed by atoms with van der Waals surface area (Å²) in [5.74, 6) is -0.0662. The van der Waals surface area contributed by atoms with Crippen molar-refractivity contribution in [2.24, 2.45) is 0 Å². The standard InChI is InChI=1S/C22H24N2O4S/c1-23(2)29(26,27)21-14-19(11-12-20(21)28-4)22(25)24(3)15-16-9-10-17-7-5-6-8-18(17)13-16/h5-14H,15H2,1-4H3. The van der Waals surface area contributed by atoms with Crippen LogP contribution in [0.15, 0.2) is 65.6 Å². The first kappa shape index (κ1) is 20.8. The van der Waals surface area contributed by atoms with Gasteiger partial charge in [0.25, 0.3) is 5.91 Å². The summed E-state index contributed by atoms with van der Waals surface area (Å²) in [6, 6.07) is 18.6. The van der Waals surface area contributed by atoms with Gasteiger partial charge in [-0.3, -0.25) is 4.79 Å². The molecule has 152 valence electrons. The molecule has 0 radical (unpaired) electrons. The van der Waals surface area contributed by atoms with Gasteiger partial charge in [-0.25, -0.2) is 12.7 Å². The highest BCUT2D eigenvalue weighted by atomic mass is 32.2. The first-order chi connectivity index (χ1) is 13.7. The molecule has 0 atom stereocenters. The van der Waals surface area contributed by atoms with E-state index in [2.05, 4.69) is 6.07 Å². The fourth-order valence-corrected chi connectivity index (χ4v) is 4.19. The van der Waals surface area contributed by atoms with Gasteiger partial charge in [-0.1, -0.05) is 36.4 Å². The van der Waals surface area contributed by atoms with E-state index in [1.54, 1.807) is 18.0 Å². The van der Waals surface area contributed by atoms with Crippen molar-refractivity contribution in [3.63, 3.8) is 0 Å². The second-order valence-corrected chi connectivity index (χ2v) is 9.12. The lowest BCUT2D eigenvalue weighted by molar-refractivity contribution is 0.0785. The fraction of sp³-hybridized carbons (Fsp3) is 0.227. The van der Waals surface area contributed by atoms with E-state index in [-0.39, 0.29) is 22.1 Å². The van der Waals surface area contributed by atoms with Gasteiger partial charge < -0.3 is 9.64 Å². The van der Waals surface area contributed by atoms with Crippen LogP contribution in [0.25, 0.3) is 10.8 Å². The average molecular weight is 413 g/mol. The summed E-state index contributed by atoms with van der Waals surface area (Å²) in [5, 5.41) is 2.24. The molecule has 7 heteroatoms. The maximum Gasteiger partial charge on any atom is 0.253 e. The summed E-state index contributed by atoms with van der Waals surface area (Å²) in [4.78, 5) is 14.5. The Hall–Kier alpha value is -2.90. The number of ether oxygens (including phenoxy) is 1. The monoisotopic (exact) mass is 412 g/mol. The second-order valence-electron chi connectivity index (χ2n) is 7.00. The molecule has 0 aliphatic heterocycles. The van der Waals surface area contributed by atoms with Crippen LogP contribution in [0.5, 0.6) is 5.75 Å². The van der Waals surface area contributed by atoms with Gasteiger partial charge in [-0.2, -0.15) is 0 Å². The van der Waals surface area contributed by atoms with Gasteiger partial charge in [0.15, 0.2) is 0 Å². The van der Waals surface area contributed by atoms with Crippen molar-refractivity contribution in [3.05, 3.63) is 71.8 Å². The second kappa shape index (κ2) is 8.23. The number of benzene rings is 3. The molecule has 0 unspecified atom stereocenters. The smallest absolute Gasteiger partial charge is 0.253 e.